The second-order valence-electron chi connectivity index (χ2n) is 3.75. The first-order chi connectivity index (χ1) is 8.56. The highest BCUT2D eigenvalue weighted by atomic mass is 16.4. The first-order valence-corrected chi connectivity index (χ1v) is 5.31. The molecule has 1 aromatic heterocycles. The molecule has 5 N–H and O–H groups in total. The molecule has 0 saturated heterocycles. The lowest BCUT2D eigenvalue weighted by molar-refractivity contribution is -0.136. The Labute approximate surface area is 102 Å². The Morgan fingerprint density at radius 3 is 2.94 bits per heavy atom. The van der Waals surface area contributed by atoms with Crippen LogP contribution in [0.5, 0.6) is 0 Å². The number of imidazole rings is 1. The number of aromatic amines is 1. The van der Waals surface area contributed by atoms with Crippen LogP contribution in [-0.2, 0) is 4.79 Å². The lowest BCUT2D eigenvalue weighted by atomic mass is 10.2. The van der Waals surface area contributed by atoms with E-state index in [2.05, 4.69) is 15.3 Å². The van der Waals surface area contributed by atoms with Crippen molar-refractivity contribution in [1.29, 1.82) is 0 Å². The lowest BCUT2D eigenvalue weighted by Crippen LogP contribution is -2.25. The monoisotopic (exact) mass is 248 g/mol. The molecule has 0 fully saturated rings. The SMILES string of the molecule is Nc1nc2cc(C(=O)NCCC(=O)O)ccc2[nH]1. The van der Waals surface area contributed by atoms with Crippen molar-refractivity contribution < 1.29 is 14.7 Å². The van der Waals surface area contributed by atoms with E-state index in [1.54, 1.807) is 18.2 Å². The molecule has 7 heteroatoms. The van der Waals surface area contributed by atoms with Crippen LogP contribution in [0.3, 0.4) is 0 Å². The van der Waals surface area contributed by atoms with Crippen LogP contribution in [-0.4, -0.2) is 33.5 Å². The number of aromatic nitrogens is 2. The number of hydrogen-bond acceptors (Lipinski definition) is 4. The topological polar surface area (TPSA) is 121 Å². The van der Waals surface area contributed by atoms with E-state index >= 15 is 0 Å². The summed E-state index contributed by atoms with van der Waals surface area (Å²) >= 11 is 0. The van der Waals surface area contributed by atoms with Gasteiger partial charge in [0.2, 0.25) is 0 Å². The zero-order valence-electron chi connectivity index (χ0n) is 9.43. The summed E-state index contributed by atoms with van der Waals surface area (Å²) in [6.45, 7) is 0.0922. The van der Waals surface area contributed by atoms with Gasteiger partial charge in [-0.1, -0.05) is 0 Å². The van der Waals surface area contributed by atoms with Crippen molar-refractivity contribution in [2.45, 2.75) is 6.42 Å². The largest absolute Gasteiger partial charge is 0.481 e. The maximum Gasteiger partial charge on any atom is 0.305 e. The van der Waals surface area contributed by atoms with Crippen molar-refractivity contribution in [3.05, 3.63) is 23.8 Å². The summed E-state index contributed by atoms with van der Waals surface area (Å²) in [7, 11) is 0. The third-order valence-corrected chi connectivity index (χ3v) is 2.39. The fourth-order valence-corrected chi connectivity index (χ4v) is 1.55. The average Bonchev–Trinajstić information content (AvgIpc) is 2.67. The van der Waals surface area contributed by atoms with Crippen molar-refractivity contribution in [1.82, 2.24) is 15.3 Å². The number of carbonyl (C=O) groups excluding carboxylic acids is 1. The molecule has 0 bridgehead atoms. The number of nitrogen functional groups attached to an aromatic ring is 1. The average molecular weight is 248 g/mol. The summed E-state index contributed by atoms with van der Waals surface area (Å²) in [6, 6.07) is 4.92. The second kappa shape index (κ2) is 4.74. The number of carbonyl (C=O) groups is 2. The smallest absolute Gasteiger partial charge is 0.305 e. The third kappa shape index (κ3) is 2.57. The van der Waals surface area contributed by atoms with Gasteiger partial charge in [-0.05, 0) is 18.2 Å². The molecule has 0 unspecified atom stereocenters. The quantitative estimate of drug-likeness (QED) is 0.622. The molecule has 0 saturated carbocycles. The van der Waals surface area contributed by atoms with Gasteiger partial charge in [0.15, 0.2) is 5.95 Å². The maximum absolute atomic E-state index is 11.7. The van der Waals surface area contributed by atoms with Crippen LogP contribution in [0.4, 0.5) is 5.95 Å². The Bertz CT molecular complexity index is 605. The van der Waals surface area contributed by atoms with Gasteiger partial charge in [0.1, 0.15) is 0 Å². The summed E-state index contributed by atoms with van der Waals surface area (Å²) in [5.74, 6) is -1.00. The van der Waals surface area contributed by atoms with E-state index in [0.29, 0.717) is 11.1 Å². The van der Waals surface area contributed by atoms with Crippen LogP contribution in [0.25, 0.3) is 11.0 Å². The van der Waals surface area contributed by atoms with E-state index in [9.17, 15) is 9.59 Å². The molecule has 0 atom stereocenters. The highest BCUT2D eigenvalue weighted by molar-refractivity contribution is 5.97. The molecule has 2 aromatic rings. The van der Waals surface area contributed by atoms with Crippen LogP contribution in [0, 0.1) is 0 Å². The summed E-state index contributed by atoms with van der Waals surface area (Å²) in [4.78, 5) is 28.9. The number of benzene rings is 1. The van der Waals surface area contributed by atoms with Crippen LogP contribution < -0.4 is 11.1 Å². The fourth-order valence-electron chi connectivity index (χ4n) is 1.55. The van der Waals surface area contributed by atoms with Gasteiger partial charge in [-0.3, -0.25) is 9.59 Å². The van der Waals surface area contributed by atoms with E-state index in [1.165, 1.54) is 0 Å². The number of H-pyrrole nitrogens is 1. The lowest BCUT2D eigenvalue weighted by Gasteiger charge is -2.03. The van der Waals surface area contributed by atoms with Crippen molar-refractivity contribution >= 4 is 28.9 Å². The number of fused-ring (bicyclic) bond motifs is 1. The minimum Gasteiger partial charge on any atom is -0.481 e. The van der Waals surface area contributed by atoms with E-state index in [1.807, 2.05) is 0 Å². The maximum atomic E-state index is 11.7. The third-order valence-electron chi connectivity index (χ3n) is 2.39. The molecule has 7 nitrogen and oxygen atoms in total. The minimum atomic E-state index is -0.953. The van der Waals surface area contributed by atoms with Crippen LogP contribution in [0.15, 0.2) is 18.2 Å². The Morgan fingerprint density at radius 2 is 2.22 bits per heavy atom. The Balaban J connectivity index is 2.10. The van der Waals surface area contributed by atoms with Crippen molar-refractivity contribution in [2.24, 2.45) is 0 Å². The summed E-state index contributed by atoms with van der Waals surface area (Å²) in [5.41, 5.74) is 7.25. The van der Waals surface area contributed by atoms with E-state index in [4.69, 9.17) is 10.8 Å². The molecule has 0 spiro atoms. The van der Waals surface area contributed by atoms with Gasteiger partial charge in [0, 0.05) is 12.1 Å². The van der Waals surface area contributed by atoms with Gasteiger partial charge in [0.25, 0.3) is 5.91 Å². The normalized spacial score (nSPS) is 10.4. The van der Waals surface area contributed by atoms with Crippen LogP contribution in [0.1, 0.15) is 16.8 Å². The zero-order valence-corrected chi connectivity index (χ0v) is 9.43. The fraction of sp³-hybridized carbons (Fsp3) is 0.182. The Kier molecular flexibility index (Phi) is 3.13. The minimum absolute atomic E-state index is 0.0922. The standard InChI is InChI=1S/C11H12N4O3/c12-11-14-7-2-1-6(5-8(7)15-11)10(18)13-4-3-9(16)17/h1-2,5H,3-4H2,(H,13,18)(H,16,17)(H3,12,14,15). The first-order valence-electron chi connectivity index (χ1n) is 5.31. The predicted octanol–water partition coefficient (Wildman–Crippen LogP) is 0.350. The van der Waals surface area contributed by atoms with E-state index in [0.717, 1.165) is 5.52 Å². The number of aliphatic carboxylic acids is 1. The molecular weight excluding hydrogens is 236 g/mol. The molecule has 0 radical (unpaired) electrons. The zero-order chi connectivity index (χ0) is 13.1. The summed E-state index contributed by atoms with van der Waals surface area (Å²) in [5, 5.41) is 11.0. The number of carboxylic acids is 1. The number of nitrogens with zero attached hydrogens (tertiary/aromatic N) is 1. The summed E-state index contributed by atoms with van der Waals surface area (Å²) in [6.07, 6.45) is -0.108. The van der Waals surface area contributed by atoms with Crippen LogP contribution >= 0.6 is 0 Å². The van der Waals surface area contributed by atoms with Crippen molar-refractivity contribution in [2.75, 3.05) is 12.3 Å². The molecule has 1 amide bonds. The molecule has 94 valence electrons. The van der Waals surface area contributed by atoms with Gasteiger partial charge in [-0.2, -0.15) is 0 Å². The number of nitrogens with one attached hydrogen (secondary N) is 2. The number of rotatable bonds is 4. The van der Waals surface area contributed by atoms with Crippen LogP contribution in [0.2, 0.25) is 0 Å². The highest BCUT2D eigenvalue weighted by Gasteiger charge is 2.08. The number of nitrogens with two attached hydrogens (primary N) is 1. The first kappa shape index (κ1) is 11.9. The van der Waals surface area contributed by atoms with Gasteiger partial charge in [-0.25, -0.2) is 4.98 Å². The number of anilines is 1. The van der Waals surface area contributed by atoms with Gasteiger partial charge >= 0.3 is 5.97 Å². The molecule has 18 heavy (non-hydrogen) atoms. The second-order valence-corrected chi connectivity index (χ2v) is 3.75. The molecule has 1 aromatic carbocycles. The van der Waals surface area contributed by atoms with E-state index in [-0.39, 0.29) is 24.8 Å². The Hall–Kier alpha value is -2.57. The highest BCUT2D eigenvalue weighted by Crippen LogP contribution is 2.14. The number of carboxylic acid groups (broad SMARTS) is 1. The van der Waals surface area contributed by atoms with Gasteiger partial charge < -0.3 is 21.1 Å². The van der Waals surface area contributed by atoms with Crippen molar-refractivity contribution in [3.63, 3.8) is 0 Å². The molecule has 1 heterocycles. The predicted molar refractivity (Wildman–Crippen MR) is 65.1 cm³/mol. The molecule has 2 rings (SSSR count). The molecule has 0 aliphatic heterocycles. The molecule has 0 aliphatic carbocycles. The van der Waals surface area contributed by atoms with E-state index < -0.39 is 5.97 Å². The van der Waals surface area contributed by atoms with Gasteiger partial charge in [0.05, 0.1) is 17.5 Å². The molecule has 0 aliphatic rings. The summed E-state index contributed by atoms with van der Waals surface area (Å²) < 4.78 is 0. The Morgan fingerprint density at radius 1 is 1.44 bits per heavy atom. The number of amides is 1. The van der Waals surface area contributed by atoms with Crippen molar-refractivity contribution in [3.8, 4) is 0 Å². The molecular formula is C11H12N4O3. The number of hydrogen-bond donors (Lipinski definition) is 4. The van der Waals surface area contributed by atoms with Gasteiger partial charge in [-0.15, -0.1) is 0 Å².